The second-order valence-corrected chi connectivity index (χ2v) is 5.91. The fourth-order valence-corrected chi connectivity index (χ4v) is 2.55. The van der Waals surface area contributed by atoms with Crippen molar-refractivity contribution in [3.63, 3.8) is 0 Å². The van der Waals surface area contributed by atoms with Gasteiger partial charge >= 0.3 is 0 Å². The Bertz CT molecular complexity index is 882. The molecule has 1 amide bonds. The number of amides is 1. The molecule has 0 aliphatic carbocycles. The summed E-state index contributed by atoms with van der Waals surface area (Å²) in [5.74, 6) is 1.69. The van der Waals surface area contributed by atoms with Crippen molar-refractivity contribution < 1.29 is 13.9 Å². The van der Waals surface area contributed by atoms with Gasteiger partial charge in [-0.1, -0.05) is 30.3 Å². The highest BCUT2D eigenvalue weighted by atomic mass is 16.5. The summed E-state index contributed by atoms with van der Waals surface area (Å²) in [5.41, 5.74) is 8.90. The number of nitrogens with two attached hydrogens (primary N) is 1. The number of oxazole rings is 1. The zero-order valence-corrected chi connectivity index (χ0v) is 14.3. The van der Waals surface area contributed by atoms with Crippen LogP contribution in [0.5, 0.6) is 5.75 Å². The minimum Gasteiger partial charge on any atom is -0.487 e. The number of rotatable bonds is 6. The molecule has 0 saturated carbocycles. The van der Waals surface area contributed by atoms with Crippen molar-refractivity contribution in [2.75, 3.05) is 0 Å². The predicted molar refractivity (Wildman–Crippen MR) is 95.1 cm³/mol. The van der Waals surface area contributed by atoms with Crippen molar-refractivity contribution in [2.24, 2.45) is 5.73 Å². The first-order valence-electron chi connectivity index (χ1n) is 8.05. The van der Waals surface area contributed by atoms with E-state index in [0.717, 1.165) is 28.1 Å². The number of hydrogen-bond donors (Lipinski definition) is 1. The Morgan fingerprint density at radius 1 is 1.12 bits per heavy atom. The Labute approximate surface area is 146 Å². The predicted octanol–water partition coefficient (Wildman–Crippen LogP) is 3.57. The van der Waals surface area contributed by atoms with Crippen molar-refractivity contribution >= 4 is 5.91 Å². The fraction of sp³-hybridized carbons (Fsp3) is 0.200. The van der Waals surface area contributed by atoms with Crippen molar-refractivity contribution in [2.45, 2.75) is 26.9 Å². The molecule has 3 aromatic rings. The Morgan fingerprint density at radius 3 is 2.52 bits per heavy atom. The first-order chi connectivity index (χ1) is 12.0. The Morgan fingerprint density at radius 2 is 1.84 bits per heavy atom. The molecule has 0 unspecified atom stereocenters. The minimum absolute atomic E-state index is 0.225. The lowest BCUT2D eigenvalue weighted by molar-refractivity contribution is -0.117. The molecule has 0 atom stereocenters. The first-order valence-corrected chi connectivity index (χ1v) is 8.05. The maximum absolute atomic E-state index is 10.9. The van der Waals surface area contributed by atoms with Gasteiger partial charge in [-0.15, -0.1) is 0 Å². The topological polar surface area (TPSA) is 78.4 Å². The van der Waals surface area contributed by atoms with Crippen LogP contribution in [0.25, 0.3) is 11.5 Å². The lowest BCUT2D eigenvalue weighted by atomic mass is 10.1. The van der Waals surface area contributed by atoms with E-state index in [1.165, 1.54) is 0 Å². The van der Waals surface area contributed by atoms with Crippen LogP contribution in [-0.4, -0.2) is 10.9 Å². The zero-order chi connectivity index (χ0) is 17.8. The van der Waals surface area contributed by atoms with E-state index in [9.17, 15) is 4.79 Å². The maximum Gasteiger partial charge on any atom is 0.226 e. The SMILES string of the molecule is Cc1ccccc1-c1nc(COc2ccc(CC(N)=O)cc2)c(C)o1. The molecule has 2 aromatic carbocycles. The molecular formula is C20H20N2O3. The van der Waals surface area contributed by atoms with Gasteiger partial charge in [-0.3, -0.25) is 4.79 Å². The Kier molecular flexibility index (Phi) is 4.84. The number of nitrogens with zero attached hydrogens (tertiary/aromatic N) is 1. The van der Waals surface area contributed by atoms with E-state index in [1.807, 2.05) is 62.4 Å². The van der Waals surface area contributed by atoms with Crippen molar-refractivity contribution in [3.8, 4) is 17.2 Å². The molecule has 5 nitrogen and oxygen atoms in total. The smallest absolute Gasteiger partial charge is 0.226 e. The van der Waals surface area contributed by atoms with Crippen LogP contribution in [0.3, 0.4) is 0 Å². The molecule has 1 heterocycles. The second-order valence-electron chi connectivity index (χ2n) is 5.91. The van der Waals surface area contributed by atoms with Gasteiger partial charge in [0.1, 0.15) is 23.8 Å². The van der Waals surface area contributed by atoms with Gasteiger partial charge in [0.15, 0.2) is 0 Å². The Balaban J connectivity index is 1.70. The standard InChI is InChI=1S/C20H20N2O3/c1-13-5-3-4-6-17(13)20-22-18(14(2)25-20)12-24-16-9-7-15(8-10-16)11-19(21)23/h3-10H,11-12H2,1-2H3,(H2,21,23). The molecule has 2 N–H and O–H groups in total. The normalized spacial score (nSPS) is 10.6. The maximum atomic E-state index is 10.9. The van der Waals surface area contributed by atoms with Gasteiger partial charge in [0.25, 0.3) is 0 Å². The lowest BCUT2D eigenvalue weighted by Gasteiger charge is -2.05. The number of primary amides is 1. The van der Waals surface area contributed by atoms with Crippen LogP contribution in [0.1, 0.15) is 22.6 Å². The summed E-state index contributed by atoms with van der Waals surface area (Å²) in [7, 11) is 0. The van der Waals surface area contributed by atoms with Crippen LogP contribution in [0.15, 0.2) is 52.9 Å². The van der Waals surface area contributed by atoms with Gasteiger partial charge < -0.3 is 14.9 Å². The molecule has 128 valence electrons. The molecule has 0 saturated heterocycles. The fourth-order valence-electron chi connectivity index (χ4n) is 2.55. The van der Waals surface area contributed by atoms with Crippen molar-refractivity contribution in [1.29, 1.82) is 0 Å². The number of hydrogen-bond acceptors (Lipinski definition) is 4. The van der Waals surface area contributed by atoms with Gasteiger partial charge in [-0.2, -0.15) is 0 Å². The van der Waals surface area contributed by atoms with Crippen LogP contribution in [0.2, 0.25) is 0 Å². The summed E-state index contributed by atoms with van der Waals surface area (Å²) in [5, 5.41) is 0. The zero-order valence-electron chi connectivity index (χ0n) is 14.3. The molecule has 0 bridgehead atoms. The Hall–Kier alpha value is -3.08. The van der Waals surface area contributed by atoms with Crippen LogP contribution < -0.4 is 10.5 Å². The van der Waals surface area contributed by atoms with Gasteiger partial charge in [0.05, 0.1) is 6.42 Å². The van der Waals surface area contributed by atoms with E-state index in [2.05, 4.69) is 4.98 Å². The summed E-state index contributed by atoms with van der Waals surface area (Å²) in [6.45, 7) is 4.22. The highest BCUT2D eigenvalue weighted by Crippen LogP contribution is 2.25. The van der Waals surface area contributed by atoms with Crippen LogP contribution in [0, 0.1) is 13.8 Å². The van der Waals surface area contributed by atoms with Crippen LogP contribution in [-0.2, 0) is 17.8 Å². The highest BCUT2D eigenvalue weighted by Gasteiger charge is 2.13. The van der Waals surface area contributed by atoms with E-state index in [1.54, 1.807) is 0 Å². The van der Waals surface area contributed by atoms with E-state index in [4.69, 9.17) is 14.9 Å². The second kappa shape index (κ2) is 7.21. The van der Waals surface area contributed by atoms with Crippen molar-refractivity contribution in [1.82, 2.24) is 4.98 Å². The summed E-state index contributed by atoms with van der Waals surface area (Å²) in [4.78, 5) is 15.5. The van der Waals surface area contributed by atoms with Gasteiger partial charge in [0.2, 0.25) is 11.8 Å². The molecule has 25 heavy (non-hydrogen) atoms. The number of aromatic nitrogens is 1. The van der Waals surface area contributed by atoms with Crippen LogP contribution >= 0.6 is 0 Å². The highest BCUT2D eigenvalue weighted by molar-refractivity contribution is 5.76. The average molecular weight is 336 g/mol. The lowest BCUT2D eigenvalue weighted by Crippen LogP contribution is -2.13. The van der Waals surface area contributed by atoms with E-state index < -0.39 is 0 Å². The number of aryl methyl sites for hydroxylation is 2. The third-order valence-electron chi connectivity index (χ3n) is 3.95. The van der Waals surface area contributed by atoms with Crippen molar-refractivity contribution in [3.05, 3.63) is 71.1 Å². The number of carbonyl (C=O) groups excluding carboxylic acids is 1. The first kappa shape index (κ1) is 16.8. The summed E-state index contributed by atoms with van der Waals surface area (Å²) < 4.78 is 11.6. The van der Waals surface area contributed by atoms with Crippen LogP contribution in [0.4, 0.5) is 0 Å². The summed E-state index contributed by atoms with van der Waals surface area (Å²) in [6.07, 6.45) is 0.225. The largest absolute Gasteiger partial charge is 0.487 e. The molecule has 0 radical (unpaired) electrons. The quantitative estimate of drug-likeness (QED) is 0.746. The molecular weight excluding hydrogens is 316 g/mol. The summed E-state index contributed by atoms with van der Waals surface area (Å²) >= 11 is 0. The van der Waals surface area contributed by atoms with Gasteiger partial charge in [-0.25, -0.2) is 4.98 Å². The third-order valence-corrected chi connectivity index (χ3v) is 3.95. The molecule has 0 aliphatic rings. The summed E-state index contributed by atoms with van der Waals surface area (Å²) in [6, 6.07) is 15.3. The van der Waals surface area contributed by atoms with Gasteiger partial charge in [-0.05, 0) is 43.2 Å². The monoisotopic (exact) mass is 336 g/mol. The molecule has 0 spiro atoms. The minimum atomic E-state index is -0.351. The number of ether oxygens (including phenoxy) is 1. The molecule has 0 aliphatic heterocycles. The molecule has 3 rings (SSSR count). The van der Waals surface area contributed by atoms with E-state index in [-0.39, 0.29) is 12.3 Å². The number of carbonyl (C=O) groups is 1. The van der Waals surface area contributed by atoms with E-state index in [0.29, 0.717) is 18.2 Å². The molecule has 5 heteroatoms. The van der Waals surface area contributed by atoms with E-state index >= 15 is 0 Å². The molecule has 1 aromatic heterocycles. The van der Waals surface area contributed by atoms with Gasteiger partial charge in [0, 0.05) is 5.56 Å². The average Bonchev–Trinajstić information content (AvgIpc) is 2.95. The third kappa shape index (κ3) is 4.07. The molecule has 0 fully saturated rings. The number of benzene rings is 2.